The van der Waals surface area contributed by atoms with Crippen LogP contribution < -0.4 is 0 Å². The van der Waals surface area contributed by atoms with E-state index in [2.05, 4.69) is 0 Å². The molecule has 68 valence electrons. The second-order valence-electron chi connectivity index (χ2n) is 2.80. The van der Waals surface area contributed by atoms with Crippen LogP contribution in [0.3, 0.4) is 0 Å². The predicted molar refractivity (Wildman–Crippen MR) is 51.7 cm³/mol. The van der Waals surface area contributed by atoms with Crippen LogP contribution in [0.2, 0.25) is 0 Å². The standard InChI is InChI=1S/C10H11NO2/c1-9-7-5-3-2-4-6-8-10(9)11(12)13/h2-6,8H,7H2,1H3/b4-2-,5-3-,8-6+,10-9+. The molecule has 0 saturated heterocycles. The maximum absolute atomic E-state index is 10.6. The van der Waals surface area contributed by atoms with E-state index in [1.807, 2.05) is 18.2 Å². The molecular weight excluding hydrogens is 166 g/mol. The van der Waals surface area contributed by atoms with Crippen molar-refractivity contribution in [2.45, 2.75) is 13.3 Å². The Kier molecular flexibility index (Phi) is 3.20. The minimum Gasteiger partial charge on any atom is -0.258 e. The van der Waals surface area contributed by atoms with Gasteiger partial charge in [-0.1, -0.05) is 30.4 Å². The molecule has 13 heavy (non-hydrogen) atoms. The van der Waals surface area contributed by atoms with Crippen molar-refractivity contribution >= 4 is 0 Å². The van der Waals surface area contributed by atoms with E-state index in [4.69, 9.17) is 0 Å². The highest BCUT2D eigenvalue weighted by Crippen LogP contribution is 2.12. The first kappa shape index (κ1) is 9.45. The number of allylic oxidation sites excluding steroid dienone is 7. The number of hydrogen-bond donors (Lipinski definition) is 0. The summed E-state index contributed by atoms with van der Waals surface area (Å²) in [6, 6.07) is 0. The SMILES string of the molecule is C/C1=C([N+](=O)[O-])/C=C/C=C\C=C/C1. The third-order valence-corrected chi connectivity index (χ3v) is 1.78. The second-order valence-corrected chi connectivity index (χ2v) is 2.80. The van der Waals surface area contributed by atoms with E-state index in [9.17, 15) is 10.1 Å². The van der Waals surface area contributed by atoms with Crippen molar-refractivity contribution in [3.63, 3.8) is 0 Å². The van der Waals surface area contributed by atoms with Gasteiger partial charge in [0.1, 0.15) is 0 Å². The Labute approximate surface area is 76.9 Å². The third kappa shape index (κ3) is 2.71. The smallest absolute Gasteiger partial charge is 0.258 e. The van der Waals surface area contributed by atoms with Crippen LogP contribution in [0.5, 0.6) is 0 Å². The normalized spacial score (nSPS) is 29.6. The second kappa shape index (κ2) is 4.40. The van der Waals surface area contributed by atoms with E-state index in [1.165, 1.54) is 6.08 Å². The topological polar surface area (TPSA) is 43.1 Å². The van der Waals surface area contributed by atoms with Crippen molar-refractivity contribution < 1.29 is 4.92 Å². The first-order valence-corrected chi connectivity index (χ1v) is 4.06. The molecular formula is C10H11NO2. The number of rotatable bonds is 1. The van der Waals surface area contributed by atoms with Crippen molar-refractivity contribution in [2.24, 2.45) is 0 Å². The molecule has 0 saturated carbocycles. The summed E-state index contributed by atoms with van der Waals surface area (Å²) in [5, 5.41) is 10.6. The monoisotopic (exact) mass is 177 g/mol. The Hall–Kier alpha value is -1.64. The van der Waals surface area contributed by atoms with Gasteiger partial charge in [0, 0.05) is 11.6 Å². The molecule has 1 aliphatic carbocycles. The van der Waals surface area contributed by atoms with Gasteiger partial charge in [-0.2, -0.15) is 0 Å². The van der Waals surface area contributed by atoms with E-state index in [1.54, 1.807) is 19.1 Å². The first-order valence-electron chi connectivity index (χ1n) is 4.06. The summed E-state index contributed by atoms with van der Waals surface area (Å²) in [7, 11) is 0. The van der Waals surface area contributed by atoms with Gasteiger partial charge in [-0.15, -0.1) is 0 Å². The lowest BCUT2D eigenvalue weighted by molar-refractivity contribution is -0.420. The maximum atomic E-state index is 10.6. The Morgan fingerprint density at radius 3 is 2.69 bits per heavy atom. The molecule has 0 heterocycles. The van der Waals surface area contributed by atoms with E-state index < -0.39 is 0 Å². The highest BCUT2D eigenvalue weighted by molar-refractivity contribution is 5.26. The lowest BCUT2D eigenvalue weighted by Crippen LogP contribution is -1.98. The van der Waals surface area contributed by atoms with Crippen LogP contribution in [-0.4, -0.2) is 4.92 Å². The van der Waals surface area contributed by atoms with Gasteiger partial charge in [0.15, 0.2) is 0 Å². The lowest BCUT2D eigenvalue weighted by atomic mass is 10.1. The van der Waals surface area contributed by atoms with E-state index in [0.717, 1.165) is 5.57 Å². The molecule has 0 aliphatic heterocycles. The molecule has 0 atom stereocenters. The molecule has 3 heteroatoms. The summed E-state index contributed by atoms with van der Waals surface area (Å²) < 4.78 is 0. The van der Waals surface area contributed by atoms with Crippen LogP contribution in [-0.2, 0) is 0 Å². The minimum absolute atomic E-state index is 0.191. The zero-order valence-electron chi connectivity index (χ0n) is 7.43. The molecule has 1 aliphatic rings. The van der Waals surface area contributed by atoms with E-state index in [-0.39, 0.29) is 10.6 Å². The molecule has 1 rings (SSSR count). The molecule has 0 spiro atoms. The predicted octanol–water partition coefficient (Wildman–Crippen LogP) is 2.61. The van der Waals surface area contributed by atoms with Crippen molar-refractivity contribution in [1.29, 1.82) is 0 Å². The van der Waals surface area contributed by atoms with Crippen molar-refractivity contribution in [3.8, 4) is 0 Å². The fourth-order valence-corrected chi connectivity index (χ4v) is 1.06. The Morgan fingerprint density at radius 1 is 1.31 bits per heavy atom. The molecule has 0 aromatic rings. The molecule has 0 fully saturated rings. The number of nitrogens with zero attached hydrogens (tertiary/aromatic N) is 1. The van der Waals surface area contributed by atoms with Gasteiger partial charge in [0.05, 0.1) is 4.92 Å². The highest BCUT2D eigenvalue weighted by atomic mass is 16.6. The Morgan fingerprint density at radius 2 is 2.00 bits per heavy atom. The van der Waals surface area contributed by atoms with Crippen molar-refractivity contribution in [3.05, 3.63) is 57.8 Å². The molecule has 0 radical (unpaired) electrons. The van der Waals surface area contributed by atoms with Crippen LogP contribution in [0.15, 0.2) is 47.7 Å². The van der Waals surface area contributed by atoms with Crippen LogP contribution >= 0.6 is 0 Å². The third-order valence-electron chi connectivity index (χ3n) is 1.78. The first-order chi connectivity index (χ1) is 6.22. The van der Waals surface area contributed by atoms with Crippen LogP contribution in [0.4, 0.5) is 0 Å². The summed E-state index contributed by atoms with van der Waals surface area (Å²) in [5.41, 5.74) is 0.970. The lowest BCUT2D eigenvalue weighted by Gasteiger charge is -1.96. The number of hydrogen-bond acceptors (Lipinski definition) is 2. The van der Waals surface area contributed by atoms with Gasteiger partial charge >= 0.3 is 0 Å². The molecule has 0 amide bonds. The zero-order valence-corrected chi connectivity index (χ0v) is 7.43. The fraction of sp³-hybridized carbons (Fsp3) is 0.200. The molecule has 0 aromatic carbocycles. The molecule has 0 N–H and O–H groups in total. The van der Waals surface area contributed by atoms with Crippen LogP contribution in [0.25, 0.3) is 0 Å². The van der Waals surface area contributed by atoms with Crippen LogP contribution in [0, 0.1) is 10.1 Å². The Balaban J connectivity index is 3.03. The van der Waals surface area contributed by atoms with Crippen LogP contribution in [0.1, 0.15) is 13.3 Å². The summed E-state index contributed by atoms with van der Waals surface area (Å²) in [4.78, 5) is 10.2. The Bertz CT molecular complexity index is 322. The zero-order chi connectivity index (χ0) is 9.68. The summed E-state index contributed by atoms with van der Waals surface area (Å²) in [6.45, 7) is 1.78. The average Bonchev–Trinajstić information content (AvgIpc) is 2.16. The molecule has 3 nitrogen and oxygen atoms in total. The quantitative estimate of drug-likeness (QED) is 0.456. The van der Waals surface area contributed by atoms with Crippen molar-refractivity contribution in [2.75, 3.05) is 0 Å². The van der Waals surface area contributed by atoms with Gasteiger partial charge in [0.25, 0.3) is 5.70 Å². The van der Waals surface area contributed by atoms with Gasteiger partial charge in [-0.3, -0.25) is 10.1 Å². The average molecular weight is 177 g/mol. The van der Waals surface area contributed by atoms with Gasteiger partial charge in [0.2, 0.25) is 0 Å². The summed E-state index contributed by atoms with van der Waals surface area (Å²) in [6.07, 6.45) is 11.3. The number of nitro groups is 1. The molecule has 0 bridgehead atoms. The van der Waals surface area contributed by atoms with Crippen molar-refractivity contribution in [1.82, 2.24) is 0 Å². The van der Waals surface area contributed by atoms with Gasteiger partial charge in [-0.25, -0.2) is 0 Å². The highest BCUT2D eigenvalue weighted by Gasteiger charge is 2.09. The maximum Gasteiger partial charge on any atom is 0.268 e. The van der Waals surface area contributed by atoms with Gasteiger partial charge < -0.3 is 0 Å². The summed E-state index contributed by atoms with van der Waals surface area (Å²) >= 11 is 0. The molecule has 0 aromatic heterocycles. The minimum atomic E-state index is -0.348. The molecule has 0 unspecified atom stereocenters. The van der Waals surface area contributed by atoms with E-state index in [0.29, 0.717) is 6.42 Å². The van der Waals surface area contributed by atoms with E-state index >= 15 is 0 Å². The largest absolute Gasteiger partial charge is 0.268 e. The van der Waals surface area contributed by atoms with Gasteiger partial charge in [-0.05, 0) is 13.3 Å². The fourth-order valence-electron chi connectivity index (χ4n) is 1.06. The summed E-state index contributed by atoms with van der Waals surface area (Å²) in [5.74, 6) is 0.